The number of nitro groups is 1. The van der Waals surface area contributed by atoms with Crippen molar-refractivity contribution >= 4 is 23.1 Å². The first kappa shape index (κ1) is 13.9. The van der Waals surface area contributed by atoms with E-state index in [4.69, 9.17) is 0 Å². The highest BCUT2D eigenvalue weighted by atomic mass is 19.1. The number of halogens is 1. The molecule has 1 aliphatic rings. The Hall–Kier alpha value is -3.09. The Morgan fingerprint density at radius 1 is 1.14 bits per heavy atom. The molecule has 110 valence electrons. The Labute approximate surface area is 123 Å². The second-order valence-corrected chi connectivity index (χ2v) is 4.77. The highest BCUT2D eigenvalue weighted by Crippen LogP contribution is 2.32. The van der Waals surface area contributed by atoms with Gasteiger partial charge in [-0.3, -0.25) is 24.6 Å². The average molecular weight is 300 g/mol. The third kappa shape index (κ3) is 2.12. The van der Waals surface area contributed by atoms with E-state index in [0.29, 0.717) is 0 Å². The number of nitrogens with zero attached hydrogens (tertiary/aromatic N) is 2. The number of carbonyl (C=O) groups excluding carboxylic acids is 2. The van der Waals surface area contributed by atoms with Crippen LogP contribution in [0.4, 0.5) is 15.8 Å². The lowest BCUT2D eigenvalue weighted by Crippen LogP contribution is -2.29. The van der Waals surface area contributed by atoms with Gasteiger partial charge in [-0.15, -0.1) is 0 Å². The molecule has 0 saturated carbocycles. The molecule has 0 bridgehead atoms. The third-order valence-electron chi connectivity index (χ3n) is 3.45. The van der Waals surface area contributed by atoms with Crippen LogP contribution in [0, 0.1) is 15.9 Å². The number of ketones is 1. The highest BCUT2D eigenvalue weighted by Gasteiger charge is 2.36. The van der Waals surface area contributed by atoms with Crippen molar-refractivity contribution in [3.63, 3.8) is 0 Å². The normalized spacial score (nSPS) is 13.4. The number of Topliss-reactive ketones (excluding diaryl/α,β-unsaturated/α-hetero) is 1. The van der Waals surface area contributed by atoms with Gasteiger partial charge in [0.1, 0.15) is 5.82 Å². The van der Waals surface area contributed by atoms with Crippen molar-refractivity contribution in [1.29, 1.82) is 0 Å². The summed E-state index contributed by atoms with van der Waals surface area (Å²) in [4.78, 5) is 35.4. The van der Waals surface area contributed by atoms with Crippen LogP contribution >= 0.6 is 0 Å². The van der Waals surface area contributed by atoms with Crippen molar-refractivity contribution in [1.82, 2.24) is 0 Å². The molecule has 7 heteroatoms. The summed E-state index contributed by atoms with van der Waals surface area (Å²) in [5, 5.41) is 11.0. The molecule has 0 radical (unpaired) electrons. The molecular weight excluding hydrogens is 291 g/mol. The molecule has 0 aliphatic carbocycles. The van der Waals surface area contributed by atoms with Crippen LogP contribution in [0.25, 0.3) is 0 Å². The molecule has 0 atom stereocenters. The summed E-state index contributed by atoms with van der Waals surface area (Å²) in [6.07, 6.45) is 0. The van der Waals surface area contributed by atoms with Gasteiger partial charge in [-0.05, 0) is 18.2 Å². The molecule has 2 aromatic carbocycles. The van der Waals surface area contributed by atoms with Crippen LogP contribution in [0.2, 0.25) is 0 Å². The molecule has 6 nitrogen and oxygen atoms in total. The van der Waals surface area contributed by atoms with Crippen molar-refractivity contribution in [2.75, 3.05) is 4.90 Å². The first-order valence-electron chi connectivity index (χ1n) is 6.37. The molecule has 0 N–H and O–H groups in total. The Morgan fingerprint density at radius 2 is 1.86 bits per heavy atom. The maximum Gasteiger partial charge on any atom is 0.299 e. The number of hydrogen-bond donors (Lipinski definition) is 0. The van der Waals surface area contributed by atoms with E-state index in [-0.39, 0.29) is 29.0 Å². The number of nitro benzene ring substituents is 1. The third-order valence-corrected chi connectivity index (χ3v) is 3.45. The molecule has 1 amide bonds. The van der Waals surface area contributed by atoms with E-state index in [1.54, 1.807) is 6.07 Å². The Bertz CT molecular complexity index is 819. The second kappa shape index (κ2) is 5.03. The standard InChI is InChI=1S/C15H9FN2O4/c16-10-5-6-11-13(7-10)17(15(20)14(11)19)8-9-3-1-2-4-12(9)18(21)22/h1-7H,8H2. The summed E-state index contributed by atoms with van der Waals surface area (Å²) in [5.41, 5.74) is 0.344. The predicted molar refractivity (Wildman–Crippen MR) is 75.0 cm³/mol. The van der Waals surface area contributed by atoms with Crippen molar-refractivity contribution in [2.24, 2.45) is 0 Å². The zero-order chi connectivity index (χ0) is 15.9. The van der Waals surface area contributed by atoms with E-state index in [0.717, 1.165) is 17.0 Å². The molecule has 0 saturated heterocycles. The zero-order valence-corrected chi connectivity index (χ0v) is 11.2. The number of carbonyl (C=O) groups is 2. The molecule has 0 spiro atoms. The summed E-state index contributed by atoms with van der Waals surface area (Å²) in [5.74, 6) is -2.15. The largest absolute Gasteiger partial charge is 0.300 e. The van der Waals surface area contributed by atoms with E-state index >= 15 is 0 Å². The fraction of sp³-hybridized carbons (Fsp3) is 0.0667. The lowest BCUT2D eigenvalue weighted by atomic mass is 10.1. The SMILES string of the molecule is O=C1C(=O)N(Cc2ccccc2[N+](=O)[O-])c2cc(F)ccc21. The molecule has 3 rings (SSSR count). The van der Waals surface area contributed by atoms with Gasteiger partial charge in [-0.25, -0.2) is 4.39 Å². The van der Waals surface area contributed by atoms with Crippen molar-refractivity contribution in [3.05, 3.63) is 69.5 Å². The van der Waals surface area contributed by atoms with Gasteiger partial charge in [0.25, 0.3) is 17.4 Å². The van der Waals surface area contributed by atoms with Gasteiger partial charge in [0.2, 0.25) is 0 Å². The number of benzene rings is 2. The first-order chi connectivity index (χ1) is 10.5. The fourth-order valence-electron chi connectivity index (χ4n) is 2.42. The van der Waals surface area contributed by atoms with Gasteiger partial charge < -0.3 is 0 Å². The van der Waals surface area contributed by atoms with Crippen molar-refractivity contribution in [3.8, 4) is 0 Å². The van der Waals surface area contributed by atoms with E-state index in [9.17, 15) is 24.1 Å². The highest BCUT2D eigenvalue weighted by molar-refractivity contribution is 6.52. The summed E-state index contributed by atoms with van der Waals surface area (Å²) in [6, 6.07) is 9.32. The number of para-hydroxylation sites is 1. The van der Waals surface area contributed by atoms with Crippen LogP contribution in [0.3, 0.4) is 0 Å². The minimum Gasteiger partial charge on any atom is -0.300 e. The zero-order valence-electron chi connectivity index (χ0n) is 11.2. The van der Waals surface area contributed by atoms with E-state index in [2.05, 4.69) is 0 Å². The van der Waals surface area contributed by atoms with Gasteiger partial charge >= 0.3 is 0 Å². The maximum atomic E-state index is 13.4. The van der Waals surface area contributed by atoms with Crippen LogP contribution in [-0.4, -0.2) is 16.6 Å². The predicted octanol–water partition coefficient (Wildman–Crippen LogP) is 2.46. The minimum absolute atomic E-state index is 0.102. The van der Waals surface area contributed by atoms with E-state index in [1.165, 1.54) is 24.3 Å². The number of anilines is 1. The summed E-state index contributed by atoms with van der Waals surface area (Å²) >= 11 is 0. The summed E-state index contributed by atoms with van der Waals surface area (Å²) in [6.45, 7) is -0.168. The topological polar surface area (TPSA) is 80.5 Å². The quantitative estimate of drug-likeness (QED) is 0.495. The van der Waals surface area contributed by atoms with Crippen LogP contribution in [0.5, 0.6) is 0 Å². The van der Waals surface area contributed by atoms with Crippen LogP contribution in [-0.2, 0) is 11.3 Å². The second-order valence-electron chi connectivity index (χ2n) is 4.77. The van der Waals surface area contributed by atoms with Gasteiger partial charge in [0, 0.05) is 11.6 Å². The Balaban J connectivity index is 2.04. The van der Waals surface area contributed by atoms with Gasteiger partial charge in [-0.2, -0.15) is 0 Å². The molecule has 1 aliphatic heterocycles. The van der Waals surface area contributed by atoms with Crippen LogP contribution in [0.1, 0.15) is 15.9 Å². The fourth-order valence-corrected chi connectivity index (χ4v) is 2.42. The molecular formula is C15H9FN2O4. The number of rotatable bonds is 3. The average Bonchev–Trinajstić information content (AvgIpc) is 2.72. The first-order valence-corrected chi connectivity index (χ1v) is 6.37. The minimum atomic E-state index is -0.821. The van der Waals surface area contributed by atoms with E-state index in [1.807, 2.05) is 0 Å². The Kier molecular flexibility index (Phi) is 3.17. The van der Waals surface area contributed by atoms with Gasteiger partial charge in [0.15, 0.2) is 0 Å². The molecule has 0 fully saturated rings. The van der Waals surface area contributed by atoms with Crippen molar-refractivity contribution in [2.45, 2.75) is 6.54 Å². The van der Waals surface area contributed by atoms with Gasteiger partial charge in [-0.1, -0.05) is 18.2 Å². The summed E-state index contributed by atoms with van der Waals surface area (Å²) in [7, 11) is 0. The van der Waals surface area contributed by atoms with Crippen molar-refractivity contribution < 1.29 is 18.9 Å². The number of amides is 1. The maximum absolute atomic E-state index is 13.4. The molecule has 0 aromatic heterocycles. The van der Waals surface area contributed by atoms with Gasteiger partial charge in [0.05, 0.1) is 22.7 Å². The summed E-state index contributed by atoms with van der Waals surface area (Å²) < 4.78 is 13.4. The number of hydrogen-bond acceptors (Lipinski definition) is 4. The smallest absolute Gasteiger partial charge is 0.299 e. The van der Waals surface area contributed by atoms with E-state index < -0.39 is 22.4 Å². The lowest BCUT2D eigenvalue weighted by molar-refractivity contribution is -0.385. The Morgan fingerprint density at radius 3 is 2.59 bits per heavy atom. The molecule has 22 heavy (non-hydrogen) atoms. The van der Waals surface area contributed by atoms with Crippen LogP contribution in [0.15, 0.2) is 42.5 Å². The lowest BCUT2D eigenvalue weighted by Gasteiger charge is -2.16. The monoisotopic (exact) mass is 300 g/mol. The molecule has 2 aromatic rings. The molecule has 1 heterocycles. The van der Waals surface area contributed by atoms with Crippen LogP contribution < -0.4 is 4.90 Å². The number of fused-ring (bicyclic) bond motifs is 1. The molecule has 0 unspecified atom stereocenters.